The van der Waals surface area contributed by atoms with Crippen LogP contribution in [0.2, 0.25) is 0 Å². The zero-order valence-corrected chi connectivity index (χ0v) is 19.2. The maximum absolute atomic E-state index is 12.8. The summed E-state index contributed by atoms with van der Waals surface area (Å²) in [5, 5.41) is 23.1. The Balaban J connectivity index is 1.52. The highest BCUT2D eigenvalue weighted by Crippen LogP contribution is 2.32. The number of aromatic hydroxyl groups is 2. The minimum atomic E-state index is -0.676. The van der Waals surface area contributed by atoms with Crippen LogP contribution in [0.1, 0.15) is 34.5 Å². The second-order valence-electron chi connectivity index (χ2n) is 8.08. The highest BCUT2D eigenvalue weighted by atomic mass is 16.5. The molecule has 3 N–H and O–H groups in total. The van der Waals surface area contributed by atoms with E-state index in [0.29, 0.717) is 22.6 Å². The number of nitrogens with zero attached hydrogens (tertiary/aromatic N) is 3. The summed E-state index contributed by atoms with van der Waals surface area (Å²) >= 11 is 0. The summed E-state index contributed by atoms with van der Waals surface area (Å²) in [7, 11) is 3.04. The molecule has 2 aromatic carbocycles. The van der Waals surface area contributed by atoms with Crippen molar-refractivity contribution in [2.45, 2.75) is 25.9 Å². The lowest BCUT2D eigenvalue weighted by Gasteiger charge is -2.15. The number of methoxy groups -OCH3 is 2. The zero-order valence-electron chi connectivity index (χ0n) is 19.2. The van der Waals surface area contributed by atoms with Crippen LogP contribution >= 0.6 is 0 Å². The number of ether oxygens (including phenoxy) is 2. The lowest BCUT2D eigenvalue weighted by molar-refractivity contribution is 0.0941. The summed E-state index contributed by atoms with van der Waals surface area (Å²) in [5.41, 5.74) is 2.16. The van der Waals surface area contributed by atoms with Gasteiger partial charge in [-0.15, -0.1) is 0 Å². The van der Waals surface area contributed by atoms with E-state index in [-0.39, 0.29) is 18.1 Å². The third-order valence-corrected chi connectivity index (χ3v) is 5.82. The SMILES string of the molecule is COc1cccc(CNC(=O)c2nc(-c3ccc(CN4CCCC4)cc3)nc(O)c2O)c1OC. The lowest BCUT2D eigenvalue weighted by Crippen LogP contribution is -2.24. The van der Waals surface area contributed by atoms with Gasteiger partial charge in [0, 0.05) is 24.2 Å². The number of benzene rings is 2. The fourth-order valence-corrected chi connectivity index (χ4v) is 4.04. The van der Waals surface area contributed by atoms with E-state index in [1.165, 1.54) is 32.6 Å². The molecule has 1 aliphatic rings. The Morgan fingerprint density at radius 3 is 2.44 bits per heavy atom. The average Bonchev–Trinajstić information content (AvgIpc) is 3.37. The highest BCUT2D eigenvalue weighted by Gasteiger charge is 2.21. The molecule has 0 bridgehead atoms. The topological polar surface area (TPSA) is 117 Å². The van der Waals surface area contributed by atoms with Crippen LogP contribution in [0.4, 0.5) is 0 Å². The first-order valence-electron chi connectivity index (χ1n) is 11.1. The second-order valence-corrected chi connectivity index (χ2v) is 8.08. The molecule has 0 spiro atoms. The van der Waals surface area contributed by atoms with Crippen molar-refractivity contribution in [3.05, 3.63) is 59.3 Å². The third kappa shape index (κ3) is 5.04. The smallest absolute Gasteiger partial charge is 0.274 e. The van der Waals surface area contributed by atoms with E-state index < -0.39 is 17.5 Å². The summed E-state index contributed by atoms with van der Waals surface area (Å²) < 4.78 is 10.7. The van der Waals surface area contributed by atoms with Crippen LogP contribution in [0, 0.1) is 0 Å². The van der Waals surface area contributed by atoms with E-state index in [1.807, 2.05) is 24.3 Å². The van der Waals surface area contributed by atoms with Crippen molar-refractivity contribution >= 4 is 5.91 Å². The molecule has 34 heavy (non-hydrogen) atoms. The van der Waals surface area contributed by atoms with Crippen molar-refractivity contribution in [3.63, 3.8) is 0 Å². The number of aromatic nitrogens is 2. The number of nitrogens with one attached hydrogen (secondary N) is 1. The summed E-state index contributed by atoms with van der Waals surface area (Å²) in [6.45, 7) is 3.20. The lowest BCUT2D eigenvalue weighted by atomic mass is 10.1. The van der Waals surface area contributed by atoms with Gasteiger partial charge in [-0.2, -0.15) is 4.98 Å². The van der Waals surface area contributed by atoms with Crippen molar-refractivity contribution in [2.24, 2.45) is 0 Å². The molecule has 3 aromatic rings. The van der Waals surface area contributed by atoms with Gasteiger partial charge >= 0.3 is 0 Å². The molecule has 2 heterocycles. The zero-order chi connectivity index (χ0) is 24.1. The molecule has 9 heteroatoms. The minimum Gasteiger partial charge on any atom is -0.501 e. The standard InChI is InChI=1S/C25H28N4O5/c1-33-19-7-5-6-18(22(19)34-2)14-26-24(31)20-21(30)25(32)28-23(27-20)17-10-8-16(9-11-17)15-29-12-3-4-13-29/h5-11,30H,3-4,12-15H2,1-2H3,(H,26,31)(H,27,28,32). The van der Waals surface area contributed by atoms with E-state index in [0.717, 1.165) is 19.6 Å². The number of hydrogen-bond acceptors (Lipinski definition) is 8. The second kappa shape index (κ2) is 10.4. The molecule has 0 saturated carbocycles. The number of para-hydroxylation sites is 1. The molecule has 4 rings (SSSR count). The summed E-state index contributed by atoms with van der Waals surface area (Å²) in [5.74, 6) is -0.819. The first-order valence-corrected chi connectivity index (χ1v) is 11.1. The number of rotatable bonds is 8. The Bertz CT molecular complexity index is 1160. The Labute approximate surface area is 198 Å². The van der Waals surface area contributed by atoms with Gasteiger partial charge in [-0.25, -0.2) is 4.98 Å². The molecule has 1 amide bonds. The number of carbonyl (C=O) groups excluding carboxylic acids is 1. The summed E-state index contributed by atoms with van der Waals surface area (Å²) in [4.78, 5) is 23.4. The van der Waals surface area contributed by atoms with E-state index in [1.54, 1.807) is 18.2 Å². The van der Waals surface area contributed by atoms with E-state index >= 15 is 0 Å². The van der Waals surface area contributed by atoms with Crippen LogP contribution in [-0.2, 0) is 13.1 Å². The molecule has 1 aliphatic heterocycles. The number of likely N-dealkylation sites (tertiary alicyclic amines) is 1. The Morgan fingerprint density at radius 2 is 1.76 bits per heavy atom. The van der Waals surface area contributed by atoms with Gasteiger partial charge in [-0.05, 0) is 37.6 Å². The monoisotopic (exact) mass is 464 g/mol. The van der Waals surface area contributed by atoms with Gasteiger partial charge in [-0.3, -0.25) is 9.69 Å². The molecular formula is C25H28N4O5. The minimum absolute atomic E-state index is 0.101. The predicted molar refractivity (Wildman–Crippen MR) is 126 cm³/mol. The van der Waals surface area contributed by atoms with Gasteiger partial charge in [0.1, 0.15) is 0 Å². The molecule has 1 aromatic heterocycles. The summed E-state index contributed by atoms with van der Waals surface area (Å²) in [6.07, 6.45) is 2.46. The average molecular weight is 465 g/mol. The molecule has 178 valence electrons. The van der Waals surface area contributed by atoms with Crippen LogP contribution in [0.25, 0.3) is 11.4 Å². The first kappa shape index (κ1) is 23.3. The van der Waals surface area contributed by atoms with Gasteiger partial charge in [0.15, 0.2) is 23.0 Å². The van der Waals surface area contributed by atoms with Crippen molar-refractivity contribution in [1.82, 2.24) is 20.2 Å². The molecule has 0 aliphatic carbocycles. The van der Waals surface area contributed by atoms with Crippen LogP contribution in [0.5, 0.6) is 23.1 Å². The maximum atomic E-state index is 12.8. The molecule has 0 radical (unpaired) electrons. The van der Waals surface area contributed by atoms with Crippen LogP contribution < -0.4 is 14.8 Å². The Kier molecular flexibility index (Phi) is 7.12. The number of hydrogen-bond donors (Lipinski definition) is 3. The van der Waals surface area contributed by atoms with Crippen molar-refractivity contribution in [1.29, 1.82) is 0 Å². The highest BCUT2D eigenvalue weighted by molar-refractivity contribution is 5.95. The van der Waals surface area contributed by atoms with Crippen molar-refractivity contribution < 1.29 is 24.5 Å². The largest absolute Gasteiger partial charge is 0.501 e. The molecule has 0 atom stereocenters. The van der Waals surface area contributed by atoms with Crippen molar-refractivity contribution in [3.8, 4) is 34.5 Å². The van der Waals surface area contributed by atoms with Gasteiger partial charge in [0.25, 0.3) is 11.8 Å². The first-order chi connectivity index (χ1) is 16.5. The third-order valence-electron chi connectivity index (χ3n) is 5.82. The normalized spacial score (nSPS) is 13.6. The maximum Gasteiger partial charge on any atom is 0.274 e. The van der Waals surface area contributed by atoms with E-state index in [4.69, 9.17) is 9.47 Å². The van der Waals surface area contributed by atoms with Gasteiger partial charge < -0.3 is 25.0 Å². The Hall–Kier alpha value is -3.85. The van der Waals surface area contributed by atoms with Gasteiger partial charge in [0.05, 0.1) is 14.2 Å². The van der Waals surface area contributed by atoms with Gasteiger partial charge in [-0.1, -0.05) is 36.4 Å². The van der Waals surface area contributed by atoms with E-state index in [2.05, 4.69) is 20.2 Å². The summed E-state index contributed by atoms with van der Waals surface area (Å²) in [6, 6.07) is 13.0. The molecular weight excluding hydrogens is 436 g/mol. The predicted octanol–water partition coefficient (Wildman–Crippen LogP) is 3.10. The molecule has 1 fully saturated rings. The fourth-order valence-electron chi connectivity index (χ4n) is 4.04. The van der Waals surface area contributed by atoms with E-state index in [9.17, 15) is 15.0 Å². The van der Waals surface area contributed by atoms with Crippen LogP contribution in [-0.4, -0.2) is 58.3 Å². The fraction of sp³-hybridized carbons (Fsp3) is 0.320. The quantitative estimate of drug-likeness (QED) is 0.466. The molecule has 1 saturated heterocycles. The molecule has 0 unspecified atom stereocenters. The molecule has 9 nitrogen and oxygen atoms in total. The van der Waals surface area contributed by atoms with Gasteiger partial charge in [0.2, 0.25) is 5.75 Å². The van der Waals surface area contributed by atoms with Crippen molar-refractivity contribution in [2.75, 3.05) is 27.3 Å². The van der Waals surface area contributed by atoms with Crippen LogP contribution in [0.3, 0.4) is 0 Å². The number of carbonyl (C=O) groups is 1. The van der Waals surface area contributed by atoms with Crippen LogP contribution in [0.15, 0.2) is 42.5 Å². The number of amides is 1. The Morgan fingerprint density at radius 1 is 1.03 bits per heavy atom.